The van der Waals surface area contributed by atoms with Crippen LogP contribution in [-0.4, -0.2) is 60.5 Å². The van der Waals surface area contributed by atoms with Crippen molar-refractivity contribution >= 4 is 17.2 Å². The van der Waals surface area contributed by atoms with Gasteiger partial charge in [0.25, 0.3) is 5.91 Å². The summed E-state index contributed by atoms with van der Waals surface area (Å²) in [7, 11) is 1.61. The number of hydrogen-bond acceptors (Lipinski definition) is 6. The molecule has 6 nitrogen and oxygen atoms in total. The third-order valence-corrected chi connectivity index (χ3v) is 7.02. The highest BCUT2D eigenvalue weighted by molar-refractivity contribution is 7.07. The van der Waals surface area contributed by atoms with E-state index in [0.29, 0.717) is 23.7 Å². The molecule has 2 aromatic rings. The third kappa shape index (κ3) is 5.98. The molecular formula is C24H33N3O3S. The molecule has 7 heteroatoms. The van der Waals surface area contributed by atoms with Crippen molar-refractivity contribution < 1.29 is 14.3 Å². The molecule has 0 atom stereocenters. The molecule has 4 rings (SSSR count). The van der Waals surface area contributed by atoms with Crippen molar-refractivity contribution in [1.82, 2.24) is 14.8 Å². The van der Waals surface area contributed by atoms with Crippen LogP contribution in [0.15, 0.2) is 29.1 Å². The molecule has 0 radical (unpaired) electrons. The summed E-state index contributed by atoms with van der Waals surface area (Å²) in [4.78, 5) is 22.0. The van der Waals surface area contributed by atoms with Crippen LogP contribution < -0.4 is 9.47 Å². The van der Waals surface area contributed by atoms with Crippen LogP contribution in [0.1, 0.15) is 54.6 Å². The van der Waals surface area contributed by atoms with E-state index < -0.39 is 0 Å². The quantitative estimate of drug-likeness (QED) is 0.632. The van der Waals surface area contributed by atoms with Crippen LogP contribution in [0.25, 0.3) is 0 Å². The Bertz CT molecular complexity index is 837. The Morgan fingerprint density at radius 2 is 1.97 bits per heavy atom. The molecule has 0 unspecified atom stereocenters. The van der Waals surface area contributed by atoms with Crippen molar-refractivity contribution in [1.29, 1.82) is 0 Å². The molecule has 168 valence electrons. The number of nitrogens with zero attached hydrogens (tertiary/aromatic N) is 3. The molecule has 0 N–H and O–H groups in total. The number of carbonyl (C=O) groups excluding carboxylic acids is 1. The maximum atomic E-state index is 13.2. The first kappa shape index (κ1) is 22.1. The van der Waals surface area contributed by atoms with E-state index in [1.54, 1.807) is 30.0 Å². The Balaban J connectivity index is 1.34. The number of hydrogen-bond donors (Lipinski definition) is 0. The first-order chi connectivity index (χ1) is 15.2. The second-order valence-corrected chi connectivity index (χ2v) is 9.30. The maximum absolute atomic E-state index is 13.2. The van der Waals surface area contributed by atoms with Crippen LogP contribution in [0, 0.1) is 5.92 Å². The van der Waals surface area contributed by atoms with Gasteiger partial charge in [-0.25, -0.2) is 4.98 Å². The Kier molecular flexibility index (Phi) is 7.81. The fourth-order valence-electron chi connectivity index (χ4n) is 4.65. The van der Waals surface area contributed by atoms with E-state index in [2.05, 4.69) is 9.88 Å². The van der Waals surface area contributed by atoms with E-state index in [9.17, 15) is 4.79 Å². The van der Waals surface area contributed by atoms with Gasteiger partial charge in [-0.3, -0.25) is 4.79 Å². The van der Waals surface area contributed by atoms with Crippen molar-refractivity contribution in [2.45, 2.75) is 45.1 Å². The van der Waals surface area contributed by atoms with Crippen LogP contribution in [0.5, 0.6) is 11.5 Å². The van der Waals surface area contributed by atoms with Gasteiger partial charge in [0.1, 0.15) is 6.61 Å². The van der Waals surface area contributed by atoms with Crippen molar-refractivity contribution in [2.75, 3.05) is 39.8 Å². The Morgan fingerprint density at radius 3 is 2.74 bits per heavy atom. The van der Waals surface area contributed by atoms with Crippen molar-refractivity contribution in [3.05, 3.63) is 40.3 Å². The molecule has 1 aliphatic heterocycles. The Hall–Kier alpha value is -2.12. The monoisotopic (exact) mass is 443 g/mol. The topological polar surface area (TPSA) is 54.9 Å². The van der Waals surface area contributed by atoms with Gasteiger partial charge in [-0.1, -0.05) is 19.3 Å². The van der Waals surface area contributed by atoms with Gasteiger partial charge in [0, 0.05) is 37.1 Å². The summed E-state index contributed by atoms with van der Waals surface area (Å²) in [5.74, 6) is 2.12. The number of ether oxygens (including phenoxy) is 2. The van der Waals surface area contributed by atoms with Gasteiger partial charge in [-0.2, -0.15) is 0 Å². The molecule has 1 aromatic carbocycles. The minimum atomic E-state index is 0.0730. The normalized spacial score (nSPS) is 18.5. The van der Waals surface area contributed by atoms with Crippen molar-refractivity contribution in [2.24, 2.45) is 5.92 Å². The van der Waals surface area contributed by atoms with Gasteiger partial charge >= 0.3 is 0 Å². The fraction of sp³-hybridized carbons (Fsp3) is 0.583. The second-order valence-electron chi connectivity index (χ2n) is 8.58. The maximum Gasteiger partial charge on any atom is 0.254 e. The zero-order valence-corrected chi connectivity index (χ0v) is 19.2. The fourth-order valence-corrected chi connectivity index (χ4v) is 5.20. The predicted octanol–water partition coefficient (Wildman–Crippen LogP) is 4.46. The van der Waals surface area contributed by atoms with E-state index in [1.165, 1.54) is 38.6 Å². The first-order valence-electron chi connectivity index (χ1n) is 11.4. The smallest absolute Gasteiger partial charge is 0.254 e. The molecule has 1 saturated heterocycles. The lowest BCUT2D eigenvalue weighted by atomic mass is 9.89. The molecule has 2 fully saturated rings. The summed E-state index contributed by atoms with van der Waals surface area (Å²) >= 11 is 1.54. The number of thiazole rings is 1. The van der Waals surface area contributed by atoms with Gasteiger partial charge < -0.3 is 19.3 Å². The molecule has 1 saturated carbocycles. The lowest BCUT2D eigenvalue weighted by molar-refractivity contribution is 0.0759. The average Bonchev–Trinajstić information content (AvgIpc) is 3.23. The molecule has 31 heavy (non-hydrogen) atoms. The second kappa shape index (κ2) is 11.0. The van der Waals surface area contributed by atoms with Gasteiger partial charge in [0.2, 0.25) is 0 Å². The largest absolute Gasteiger partial charge is 0.493 e. The summed E-state index contributed by atoms with van der Waals surface area (Å²) in [5, 5.41) is 1.96. The molecule has 2 heterocycles. The molecule has 0 spiro atoms. The predicted molar refractivity (Wildman–Crippen MR) is 123 cm³/mol. The Morgan fingerprint density at radius 1 is 1.10 bits per heavy atom. The number of carbonyl (C=O) groups is 1. The highest BCUT2D eigenvalue weighted by Crippen LogP contribution is 2.30. The third-order valence-electron chi connectivity index (χ3n) is 6.39. The minimum absolute atomic E-state index is 0.0730. The van der Waals surface area contributed by atoms with Crippen LogP contribution in [0.4, 0.5) is 0 Å². The number of amides is 1. The van der Waals surface area contributed by atoms with E-state index >= 15 is 0 Å². The highest BCUT2D eigenvalue weighted by atomic mass is 32.1. The summed E-state index contributed by atoms with van der Waals surface area (Å²) in [6, 6.07) is 5.46. The van der Waals surface area contributed by atoms with Crippen molar-refractivity contribution in [3.63, 3.8) is 0 Å². The summed E-state index contributed by atoms with van der Waals surface area (Å²) in [5.41, 5.74) is 3.32. The average molecular weight is 444 g/mol. The molecule has 1 aliphatic carbocycles. The summed E-state index contributed by atoms with van der Waals surface area (Å²) < 4.78 is 11.3. The summed E-state index contributed by atoms with van der Waals surface area (Å²) in [6.45, 7) is 5.23. The van der Waals surface area contributed by atoms with Gasteiger partial charge in [0.15, 0.2) is 11.5 Å². The molecule has 0 bridgehead atoms. The molecule has 2 aliphatic rings. The van der Waals surface area contributed by atoms with E-state index in [-0.39, 0.29) is 5.91 Å². The summed E-state index contributed by atoms with van der Waals surface area (Å²) in [6.07, 6.45) is 7.94. The van der Waals surface area contributed by atoms with E-state index in [0.717, 1.165) is 44.2 Å². The van der Waals surface area contributed by atoms with E-state index in [4.69, 9.17) is 9.47 Å². The molecule has 1 amide bonds. The number of methoxy groups -OCH3 is 1. The molecule has 1 aromatic heterocycles. The van der Waals surface area contributed by atoms with E-state index in [1.807, 2.05) is 22.4 Å². The first-order valence-corrected chi connectivity index (χ1v) is 12.4. The Labute approximate surface area is 189 Å². The highest BCUT2D eigenvalue weighted by Gasteiger charge is 2.23. The van der Waals surface area contributed by atoms with Gasteiger partial charge in [-0.05, 0) is 49.9 Å². The van der Waals surface area contributed by atoms with Crippen molar-refractivity contribution in [3.8, 4) is 11.5 Å². The van der Waals surface area contributed by atoms with Crippen LogP contribution in [-0.2, 0) is 6.61 Å². The van der Waals surface area contributed by atoms with Crippen LogP contribution >= 0.6 is 11.3 Å². The number of aromatic nitrogens is 1. The zero-order valence-electron chi connectivity index (χ0n) is 18.4. The standard InChI is InChI=1S/C24H33N3O3S/c1-29-23-14-20(8-9-22(23)30-16-21-17-31-18-25-21)24(28)27-11-5-10-26(12-13-27)15-19-6-3-2-4-7-19/h8-9,14,17-19H,2-7,10-13,15-16H2,1H3. The molecular weight excluding hydrogens is 410 g/mol. The van der Waals surface area contributed by atoms with Crippen LogP contribution in [0.3, 0.4) is 0 Å². The lowest BCUT2D eigenvalue weighted by Gasteiger charge is -2.28. The van der Waals surface area contributed by atoms with Gasteiger partial charge in [-0.15, -0.1) is 11.3 Å². The van der Waals surface area contributed by atoms with Crippen LogP contribution in [0.2, 0.25) is 0 Å². The number of benzene rings is 1. The number of rotatable bonds is 7. The lowest BCUT2D eigenvalue weighted by Crippen LogP contribution is -2.36. The zero-order chi connectivity index (χ0) is 21.5. The SMILES string of the molecule is COc1cc(C(=O)N2CCCN(CC3CCCCC3)CC2)ccc1OCc1cscn1. The van der Waals surface area contributed by atoms with Gasteiger partial charge in [0.05, 0.1) is 18.3 Å². The minimum Gasteiger partial charge on any atom is -0.493 e.